The van der Waals surface area contributed by atoms with E-state index in [4.69, 9.17) is 8.92 Å². The van der Waals surface area contributed by atoms with Gasteiger partial charge < -0.3 is 5.11 Å². The zero-order chi connectivity index (χ0) is 15.4. The van der Waals surface area contributed by atoms with Crippen LogP contribution in [0.1, 0.15) is 45.3 Å². The second kappa shape index (κ2) is 11.8. The normalized spacial score (nSPS) is 13.1. The van der Waals surface area contributed by atoms with Crippen LogP contribution < -0.4 is 0 Å². The van der Waals surface area contributed by atoms with Gasteiger partial charge in [0.25, 0.3) is 0 Å². The van der Waals surface area contributed by atoms with E-state index in [1.165, 1.54) is 0 Å². The van der Waals surface area contributed by atoms with Gasteiger partial charge in [0.05, 0.1) is 6.10 Å². The molecule has 0 aliphatic heterocycles. The summed E-state index contributed by atoms with van der Waals surface area (Å²) >= 11 is 0. The van der Waals surface area contributed by atoms with E-state index in [9.17, 15) is 5.11 Å². The fourth-order valence-corrected chi connectivity index (χ4v) is 2.22. The van der Waals surface area contributed by atoms with Crippen molar-refractivity contribution >= 4 is 9.29 Å². The van der Waals surface area contributed by atoms with Gasteiger partial charge in [-0.05, 0) is 38.4 Å². The molecule has 20 heavy (non-hydrogen) atoms. The first-order valence-corrected chi connectivity index (χ1v) is 7.90. The Kier molecular flexibility index (Phi) is 11.1. The van der Waals surface area contributed by atoms with Gasteiger partial charge in [0.2, 0.25) is 0 Å². The van der Waals surface area contributed by atoms with E-state index >= 15 is 0 Å². The summed E-state index contributed by atoms with van der Waals surface area (Å²) < 4.78 is 16.8. The van der Waals surface area contributed by atoms with Crippen molar-refractivity contribution in [2.75, 3.05) is 13.1 Å². The molecule has 0 aliphatic rings. The molecule has 1 rings (SSSR count). The van der Waals surface area contributed by atoms with Gasteiger partial charge in [0.15, 0.2) is 0 Å². The van der Waals surface area contributed by atoms with Crippen molar-refractivity contribution in [3.8, 4) is 0 Å². The monoisotopic (exact) mass is 295 g/mol. The van der Waals surface area contributed by atoms with Crippen LogP contribution in [0, 0.1) is 0 Å². The van der Waals surface area contributed by atoms with Gasteiger partial charge in [-0.3, -0.25) is 13.8 Å². The number of hydrogen-bond donors (Lipinski definition) is 1. The number of aliphatic hydroxyl groups excluding tert-OH is 1. The van der Waals surface area contributed by atoms with Crippen molar-refractivity contribution < 1.29 is 14.0 Å². The summed E-state index contributed by atoms with van der Waals surface area (Å²) in [6.45, 7) is 8.59. The van der Waals surface area contributed by atoms with Gasteiger partial charge in [-0.15, -0.1) is 0 Å². The Hall–Kier alpha value is -1.04. The van der Waals surface area contributed by atoms with Crippen molar-refractivity contribution in [3.05, 3.63) is 35.9 Å². The Bertz CT molecular complexity index is 374. The lowest BCUT2D eigenvalue weighted by Gasteiger charge is -2.32. The molecule has 0 amide bonds. The molecule has 1 N–H and O–H groups in total. The fourth-order valence-electron chi connectivity index (χ4n) is 2.22. The highest BCUT2D eigenvalue weighted by atomic mass is 28.2. The summed E-state index contributed by atoms with van der Waals surface area (Å²) in [6.07, 6.45) is 1.87. The maximum absolute atomic E-state index is 10.4. The SMILES string of the molecule is CCCN(CCC)C(C)C(O)c1ccccc1.O=[Si]=O. The summed E-state index contributed by atoms with van der Waals surface area (Å²) in [5, 5.41) is 10.4. The molecule has 0 heterocycles. The van der Waals surface area contributed by atoms with E-state index in [1.807, 2.05) is 30.3 Å². The Balaban J connectivity index is 0.00000110. The van der Waals surface area contributed by atoms with E-state index in [0.29, 0.717) is 0 Å². The first-order valence-electron chi connectivity index (χ1n) is 7.08. The van der Waals surface area contributed by atoms with E-state index in [1.54, 1.807) is 0 Å². The van der Waals surface area contributed by atoms with Gasteiger partial charge >= 0.3 is 9.29 Å². The average molecular weight is 295 g/mol. The molecule has 0 aromatic heterocycles. The van der Waals surface area contributed by atoms with Crippen LogP contribution in [0.3, 0.4) is 0 Å². The van der Waals surface area contributed by atoms with Gasteiger partial charge in [-0.25, -0.2) is 0 Å². The number of rotatable bonds is 7. The molecule has 4 nitrogen and oxygen atoms in total. The topological polar surface area (TPSA) is 57.6 Å². The third-order valence-corrected chi connectivity index (χ3v) is 3.20. The number of benzene rings is 1. The summed E-state index contributed by atoms with van der Waals surface area (Å²) in [5.74, 6) is 0. The lowest BCUT2D eigenvalue weighted by atomic mass is 10.0. The van der Waals surface area contributed by atoms with Crippen LogP contribution in [-0.4, -0.2) is 38.4 Å². The van der Waals surface area contributed by atoms with Crippen molar-refractivity contribution in [2.45, 2.75) is 45.8 Å². The minimum absolute atomic E-state index is 0.178. The van der Waals surface area contributed by atoms with Crippen molar-refractivity contribution in [1.29, 1.82) is 0 Å². The minimum Gasteiger partial charge on any atom is -0.387 e. The number of aliphatic hydroxyl groups is 1. The first-order chi connectivity index (χ1) is 9.62. The molecular weight excluding hydrogens is 270 g/mol. The predicted octanol–water partition coefficient (Wildman–Crippen LogP) is 2.61. The molecule has 0 fully saturated rings. The van der Waals surface area contributed by atoms with Gasteiger partial charge in [-0.1, -0.05) is 44.2 Å². The van der Waals surface area contributed by atoms with Crippen molar-refractivity contribution in [3.63, 3.8) is 0 Å². The second-order valence-corrected chi connectivity index (χ2v) is 4.88. The van der Waals surface area contributed by atoms with E-state index < -0.39 is 15.4 Å². The molecule has 1 aromatic carbocycles. The molecule has 0 spiro atoms. The summed E-state index contributed by atoms with van der Waals surface area (Å²) in [4.78, 5) is 2.37. The van der Waals surface area contributed by atoms with Gasteiger partial charge in [0, 0.05) is 6.04 Å². The molecule has 0 aliphatic carbocycles. The maximum atomic E-state index is 10.4. The van der Waals surface area contributed by atoms with Crippen LogP contribution in [0.2, 0.25) is 0 Å². The van der Waals surface area contributed by atoms with E-state index in [0.717, 1.165) is 31.5 Å². The van der Waals surface area contributed by atoms with Crippen LogP contribution in [0.25, 0.3) is 0 Å². The lowest BCUT2D eigenvalue weighted by Crippen LogP contribution is -2.38. The van der Waals surface area contributed by atoms with E-state index in [2.05, 4.69) is 25.7 Å². The summed E-state index contributed by atoms with van der Waals surface area (Å²) in [6, 6.07) is 10.1. The number of hydrogen-bond acceptors (Lipinski definition) is 4. The molecule has 112 valence electrons. The van der Waals surface area contributed by atoms with Gasteiger partial charge in [-0.2, -0.15) is 0 Å². The molecule has 5 heteroatoms. The van der Waals surface area contributed by atoms with Crippen LogP contribution in [0.5, 0.6) is 0 Å². The predicted molar refractivity (Wildman–Crippen MR) is 80.1 cm³/mol. The highest BCUT2D eigenvalue weighted by molar-refractivity contribution is 5.94. The molecule has 1 aromatic rings. The van der Waals surface area contributed by atoms with Gasteiger partial charge in [0.1, 0.15) is 0 Å². The molecule has 2 atom stereocenters. The molecule has 0 saturated heterocycles. The molecule has 2 unspecified atom stereocenters. The van der Waals surface area contributed by atoms with E-state index in [-0.39, 0.29) is 6.04 Å². The third kappa shape index (κ3) is 6.93. The molecule has 0 saturated carbocycles. The fraction of sp³-hybridized carbons (Fsp3) is 0.600. The Morgan fingerprint density at radius 2 is 1.55 bits per heavy atom. The quantitative estimate of drug-likeness (QED) is 0.786. The molecule has 0 bridgehead atoms. The average Bonchev–Trinajstić information content (AvgIpc) is 2.47. The maximum Gasteiger partial charge on any atom is 0.549 e. The Morgan fingerprint density at radius 1 is 1.10 bits per heavy atom. The number of nitrogens with zero attached hydrogens (tertiary/aromatic N) is 1. The minimum atomic E-state index is -1.42. The third-order valence-electron chi connectivity index (χ3n) is 3.20. The standard InChI is InChI=1S/C15H25NO.O2Si/c1-4-11-16(12-5-2)13(3)15(17)14-9-7-6-8-10-14;1-3-2/h6-10,13,15,17H,4-5,11-12H2,1-3H3;. The van der Waals surface area contributed by atoms with Crippen LogP contribution >= 0.6 is 0 Å². The van der Waals surface area contributed by atoms with Crippen LogP contribution in [0.4, 0.5) is 0 Å². The molecule has 0 radical (unpaired) electrons. The first kappa shape index (κ1) is 19.0. The lowest BCUT2D eigenvalue weighted by molar-refractivity contribution is 0.0577. The highest BCUT2D eigenvalue weighted by Crippen LogP contribution is 2.20. The summed E-state index contributed by atoms with van der Waals surface area (Å²) in [5.41, 5.74) is 1.01. The molecular formula is C15H25NO3Si. The Morgan fingerprint density at radius 3 is 1.95 bits per heavy atom. The largest absolute Gasteiger partial charge is 0.549 e. The van der Waals surface area contributed by atoms with Crippen molar-refractivity contribution in [2.24, 2.45) is 0 Å². The summed E-state index contributed by atoms with van der Waals surface area (Å²) in [7, 11) is -1.42. The zero-order valence-electron chi connectivity index (χ0n) is 12.6. The highest BCUT2D eigenvalue weighted by Gasteiger charge is 2.21. The van der Waals surface area contributed by atoms with Crippen molar-refractivity contribution in [1.82, 2.24) is 4.90 Å². The van der Waals surface area contributed by atoms with Crippen LogP contribution in [-0.2, 0) is 8.92 Å². The smallest absolute Gasteiger partial charge is 0.387 e. The second-order valence-electron chi connectivity index (χ2n) is 4.72. The Labute approximate surface area is 123 Å². The van der Waals surface area contributed by atoms with Crippen LogP contribution in [0.15, 0.2) is 30.3 Å². The zero-order valence-corrected chi connectivity index (χ0v) is 13.6.